The Morgan fingerprint density at radius 2 is 2.00 bits per heavy atom. The summed E-state index contributed by atoms with van der Waals surface area (Å²) in [5.74, 6) is 0.712. The zero-order chi connectivity index (χ0) is 12.8. The van der Waals surface area contributed by atoms with Crippen molar-refractivity contribution in [2.45, 2.75) is 46.5 Å². The van der Waals surface area contributed by atoms with E-state index in [4.69, 9.17) is 0 Å². The molecule has 0 heterocycles. The lowest BCUT2D eigenvalue weighted by Crippen LogP contribution is -2.41. The predicted octanol–water partition coefficient (Wildman–Crippen LogP) is 2.95. The van der Waals surface area contributed by atoms with Crippen LogP contribution in [0, 0.1) is 27.4 Å². The summed E-state index contributed by atoms with van der Waals surface area (Å²) in [6, 6.07) is 0. The average Bonchev–Trinajstić information content (AvgIpc) is 2.26. The molecule has 4 heteroatoms. The van der Waals surface area contributed by atoms with Crippen molar-refractivity contribution >= 4 is 5.78 Å². The van der Waals surface area contributed by atoms with E-state index in [1.165, 1.54) is 0 Å². The van der Waals surface area contributed by atoms with Crippen molar-refractivity contribution in [1.82, 2.24) is 0 Å². The molecule has 94 valence electrons. The van der Waals surface area contributed by atoms with Gasteiger partial charge < -0.3 is 0 Å². The fourth-order valence-corrected chi connectivity index (χ4v) is 3.45. The smallest absolute Gasteiger partial charge is 0.287 e. The number of hydrogen-bond acceptors (Lipinski definition) is 3. The van der Waals surface area contributed by atoms with Gasteiger partial charge in [-0.2, -0.15) is 0 Å². The molecule has 3 unspecified atom stereocenters. The minimum atomic E-state index is -0.461. The van der Waals surface area contributed by atoms with E-state index in [0.717, 1.165) is 18.4 Å². The first-order chi connectivity index (χ1) is 7.88. The van der Waals surface area contributed by atoms with Crippen molar-refractivity contribution in [1.29, 1.82) is 0 Å². The highest BCUT2D eigenvalue weighted by atomic mass is 16.6. The van der Waals surface area contributed by atoms with E-state index in [1.807, 2.05) is 0 Å². The van der Waals surface area contributed by atoms with Crippen LogP contribution in [-0.2, 0) is 4.79 Å². The predicted molar refractivity (Wildman–Crippen MR) is 63.9 cm³/mol. The van der Waals surface area contributed by atoms with E-state index in [0.29, 0.717) is 24.7 Å². The molecule has 0 bridgehead atoms. The summed E-state index contributed by atoms with van der Waals surface area (Å²) in [7, 11) is 0. The Hall–Kier alpha value is -1.19. The molecule has 0 spiro atoms. The number of allylic oxidation sites excluding steroid dienone is 2. The zero-order valence-electron chi connectivity index (χ0n) is 10.7. The van der Waals surface area contributed by atoms with Crippen LogP contribution in [0.15, 0.2) is 11.3 Å². The van der Waals surface area contributed by atoms with Gasteiger partial charge in [-0.15, -0.1) is 0 Å². The second-order valence-corrected chi connectivity index (χ2v) is 5.73. The quantitative estimate of drug-likeness (QED) is 0.520. The Balaban J connectivity index is 2.54. The molecule has 2 rings (SSSR count). The first-order valence-corrected chi connectivity index (χ1v) is 6.29. The highest BCUT2D eigenvalue weighted by Gasteiger charge is 2.49. The van der Waals surface area contributed by atoms with E-state index < -0.39 is 4.92 Å². The molecule has 1 fully saturated rings. The van der Waals surface area contributed by atoms with Crippen LogP contribution >= 0.6 is 0 Å². The first-order valence-electron chi connectivity index (χ1n) is 6.29. The van der Waals surface area contributed by atoms with Crippen molar-refractivity contribution in [3.63, 3.8) is 0 Å². The SMILES string of the molecule is CC1CCC2=C([N+](=O)[O-])C(=O)CCC2(C)C1C. The lowest BCUT2D eigenvalue weighted by atomic mass is 9.57. The van der Waals surface area contributed by atoms with Gasteiger partial charge in [-0.05, 0) is 36.5 Å². The average molecular weight is 237 g/mol. The Labute approximate surface area is 101 Å². The maximum Gasteiger partial charge on any atom is 0.311 e. The van der Waals surface area contributed by atoms with Crippen LogP contribution in [0.4, 0.5) is 0 Å². The van der Waals surface area contributed by atoms with E-state index >= 15 is 0 Å². The molecule has 0 aromatic rings. The highest BCUT2D eigenvalue weighted by molar-refractivity contribution is 5.95. The molecule has 2 aliphatic rings. The van der Waals surface area contributed by atoms with Crippen LogP contribution in [-0.4, -0.2) is 10.7 Å². The van der Waals surface area contributed by atoms with Crippen LogP contribution in [0.1, 0.15) is 46.5 Å². The monoisotopic (exact) mass is 237 g/mol. The standard InChI is InChI=1S/C13H19NO3/c1-8-4-5-10-12(14(16)17)11(15)6-7-13(10,3)9(8)2/h8-9H,4-7H2,1-3H3. The number of carbonyl (C=O) groups excluding carboxylic acids is 1. The number of carbonyl (C=O) groups is 1. The van der Waals surface area contributed by atoms with Gasteiger partial charge in [0.2, 0.25) is 5.78 Å². The molecule has 17 heavy (non-hydrogen) atoms. The molecule has 0 aromatic carbocycles. The highest BCUT2D eigenvalue weighted by Crippen LogP contribution is 2.53. The van der Waals surface area contributed by atoms with Crippen LogP contribution < -0.4 is 0 Å². The van der Waals surface area contributed by atoms with E-state index in [2.05, 4.69) is 20.8 Å². The van der Waals surface area contributed by atoms with E-state index in [-0.39, 0.29) is 16.9 Å². The van der Waals surface area contributed by atoms with Crippen molar-refractivity contribution in [2.24, 2.45) is 17.3 Å². The lowest BCUT2D eigenvalue weighted by molar-refractivity contribution is -0.422. The lowest BCUT2D eigenvalue weighted by Gasteiger charge is -2.46. The van der Waals surface area contributed by atoms with Gasteiger partial charge in [0.25, 0.3) is 0 Å². The fourth-order valence-electron chi connectivity index (χ4n) is 3.45. The maximum absolute atomic E-state index is 11.7. The van der Waals surface area contributed by atoms with Gasteiger partial charge in [-0.3, -0.25) is 14.9 Å². The van der Waals surface area contributed by atoms with Gasteiger partial charge in [-0.25, -0.2) is 0 Å². The number of fused-ring (bicyclic) bond motifs is 1. The van der Waals surface area contributed by atoms with Crippen molar-refractivity contribution < 1.29 is 9.72 Å². The molecule has 4 nitrogen and oxygen atoms in total. The summed E-state index contributed by atoms with van der Waals surface area (Å²) in [6.45, 7) is 6.46. The van der Waals surface area contributed by atoms with E-state index in [9.17, 15) is 14.9 Å². The summed E-state index contributed by atoms with van der Waals surface area (Å²) >= 11 is 0. The van der Waals surface area contributed by atoms with Crippen LogP contribution in [0.3, 0.4) is 0 Å². The topological polar surface area (TPSA) is 60.2 Å². The van der Waals surface area contributed by atoms with Crippen molar-refractivity contribution in [3.05, 3.63) is 21.4 Å². The summed E-state index contributed by atoms with van der Waals surface area (Å²) in [6.07, 6.45) is 2.76. The number of rotatable bonds is 1. The molecule has 0 saturated heterocycles. The molecule has 0 aliphatic heterocycles. The molecule has 0 amide bonds. The normalized spacial score (nSPS) is 37.9. The summed E-state index contributed by atoms with van der Waals surface area (Å²) in [5.41, 5.74) is 0.565. The molecule has 0 aromatic heterocycles. The minimum absolute atomic E-state index is 0.0995. The molecule has 2 aliphatic carbocycles. The van der Waals surface area contributed by atoms with E-state index in [1.54, 1.807) is 0 Å². The largest absolute Gasteiger partial charge is 0.311 e. The van der Waals surface area contributed by atoms with Crippen LogP contribution in [0.25, 0.3) is 0 Å². The van der Waals surface area contributed by atoms with Crippen molar-refractivity contribution in [3.8, 4) is 0 Å². The molecule has 3 atom stereocenters. The molecule has 0 N–H and O–H groups in total. The van der Waals surface area contributed by atoms with Gasteiger partial charge in [0.1, 0.15) is 0 Å². The van der Waals surface area contributed by atoms with Crippen LogP contribution in [0.5, 0.6) is 0 Å². The number of ketones is 1. The Kier molecular flexibility index (Phi) is 2.84. The zero-order valence-corrected chi connectivity index (χ0v) is 10.7. The van der Waals surface area contributed by atoms with Crippen molar-refractivity contribution in [2.75, 3.05) is 0 Å². The Morgan fingerprint density at radius 3 is 2.59 bits per heavy atom. The summed E-state index contributed by atoms with van der Waals surface area (Å²) in [4.78, 5) is 22.3. The molecule has 1 saturated carbocycles. The third kappa shape index (κ3) is 1.70. The number of nitro groups is 1. The summed E-state index contributed by atoms with van der Waals surface area (Å²) < 4.78 is 0. The minimum Gasteiger partial charge on any atom is -0.287 e. The Morgan fingerprint density at radius 1 is 1.35 bits per heavy atom. The number of nitrogens with zero attached hydrogens (tertiary/aromatic N) is 1. The second kappa shape index (κ2) is 3.93. The van der Waals surface area contributed by atoms with Gasteiger partial charge in [0.15, 0.2) is 0 Å². The van der Waals surface area contributed by atoms with Gasteiger partial charge in [0, 0.05) is 12.0 Å². The van der Waals surface area contributed by atoms with Gasteiger partial charge >= 0.3 is 5.70 Å². The summed E-state index contributed by atoms with van der Waals surface area (Å²) in [5, 5.41) is 11.1. The second-order valence-electron chi connectivity index (χ2n) is 5.73. The fraction of sp³-hybridized carbons (Fsp3) is 0.769. The third-order valence-electron chi connectivity index (χ3n) is 5.00. The maximum atomic E-state index is 11.7. The molecular weight excluding hydrogens is 218 g/mol. The number of Topliss-reactive ketones (excluding diaryl/α,β-unsaturated/α-hetero) is 1. The van der Waals surface area contributed by atoms with Gasteiger partial charge in [0.05, 0.1) is 4.92 Å². The molecule has 0 radical (unpaired) electrons. The van der Waals surface area contributed by atoms with Crippen LogP contribution in [0.2, 0.25) is 0 Å². The Bertz CT molecular complexity index is 413. The first kappa shape index (κ1) is 12.3. The third-order valence-corrected chi connectivity index (χ3v) is 5.00. The molecular formula is C13H19NO3. The van der Waals surface area contributed by atoms with Gasteiger partial charge in [-0.1, -0.05) is 20.8 Å². The number of hydrogen-bond donors (Lipinski definition) is 0.